The van der Waals surface area contributed by atoms with Gasteiger partial charge in [-0.15, -0.1) is 6.58 Å². The van der Waals surface area contributed by atoms with Crippen LogP contribution in [-0.2, 0) is 6.54 Å². The number of nitrogens with zero attached hydrogens (tertiary/aromatic N) is 2. The summed E-state index contributed by atoms with van der Waals surface area (Å²) in [6.07, 6.45) is 6.86. The molecule has 0 saturated carbocycles. The molecule has 1 unspecified atom stereocenters. The lowest BCUT2D eigenvalue weighted by molar-refractivity contribution is 0.571. The van der Waals surface area contributed by atoms with E-state index >= 15 is 0 Å². The Balaban J connectivity index is 2.60. The Morgan fingerprint density at radius 3 is 3.13 bits per heavy atom. The molecule has 1 aromatic heterocycles. The molecule has 0 aliphatic heterocycles. The molecule has 15 heavy (non-hydrogen) atoms. The summed E-state index contributed by atoms with van der Waals surface area (Å²) in [5, 5.41) is 7.57. The van der Waals surface area contributed by atoms with Gasteiger partial charge in [0.25, 0.3) is 0 Å². The summed E-state index contributed by atoms with van der Waals surface area (Å²) in [5.74, 6) is 0. The molecule has 0 bridgehead atoms. The van der Waals surface area contributed by atoms with Crippen LogP contribution >= 0.6 is 0 Å². The minimum atomic E-state index is 0.175. The number of aryl methyl sites for hydroxylation is 1. The number of nitrogens with two attached hydrogens (primary N) is 1. The van der Waals surface area contributed by atoms with Gasteiger partial charge in [0.15, 0.2) is 0 Å². The number of aromatic nitrogens is 2. The van der Waals surface area contributed by atoms with Gasteiger partial charge < -0.3 is 11.1 Å². The third kappa shape index (κ3) is 3.49. The fraction of sp³-hybridized carbons (Fsp3) is 0.545. The van der Waals surface area contributed by atoms with Crippen LogP contribution in [0.1, 0.15) is 24.9 Å². The highest BCUT2D eigenvalue weighted by Gasteiger charge is 2.09. The topological polar surface area (TPSA) is 55.9 Å². The average molecular weight is 208 g/mol. The molecule has 1 aromatic rings. The summed E-state index contributed by atoms with van der Waals surface area (Å²) in [6.45, 7) is 8.10. The van der Waals surface area contributed by atoms with Gasteiger partial charge >= 0.3 is 0 Å². The van der Waals surface area contributed by atoms with E-state index in [-0.39, 0.29) is 6.04 Å². The first-order valence-electron chi connectivity index (χ1n) is 5.38. The van der Waals surface area contributed by atoms with Crippen LogP contribution in [0.4, 0.5) is 0 Å². The quantitative estimate of drug-likeness (QED) is 0.659. The monoisotopic (exact) mass is 208 g/mol. The first kappa shape index (κ1) is 11.9. The maximum Gasteiger partial charge on any atom is 0.0538 e. The highest BCUT2D eigenvalue weighted by Crippen LogP contribution is 2.10. The Bertz CT molecular complexity index is 293. The normalized spacial score (nSPS) is 12.7. The molecule has 1 rings (SSSR count). The van der Waals surface area contributed by atoms with Gasteiger partial charge in [0, 0.05) is 37.4 Å². The van der Waals surface area contributed by atoms with Crippen LogP contribution in [0.25, 0.3) is 0 Å². The zero-order valence-corrected chi connectivity index (χ0v) is 9.32. The Hall–Kier alpha value is -1.13. The molecular weight excluding hydrogens is 188 g/mol. The summed E-state index contributed by atoms with van der Waals surface area (Å²) in [7, 11) is 0. The second-order valence-corrected chi connectivity index (χ2v) is 3.52. The highest BCUT2D eigenvalue weighted by molar-refractivity contribution is 5.11. The van der Waals surface area contributed by atoms with E-state index in [1.54, 1.807) is 0 Å². The van der Waals surface area contributed by atoms with Crippen LogP contribution in [-0.4, -0.2) is 22.9 Å². The van der Waals surface area contributed by atoms with Crippen molar-refractivity contribution in [3.8, 4) is 0 Å². The van der Waals surface area contributed by atoms with Crippen molar-refractivity contribution in [3.05, 3.63) is 30.6 Å². The molecule has 4 heteroatoms. The van der Waals surface area contributed by atoms with Crippen LogP contribution in [0, 0.1) is 0 Å². The fourth-order valence-corrected chi connectivity index (χ4v) is 1.47. The molecule has 84 valence electrons. The van der Waals surface area contributed by atoms with E-state index in [2.05, 4.69) is 30.1 Å². The van der Waals surface area contributed by atoms with E-state index in [0.717, 1.165) is 25.1 Å². The smallest absolute Gasteiger partial charge is 0.0538 e. The van der Waals surface area contributed by atoms with Crippen molar-refractivity contribution in [2.75, 3.05) is 13.1 Å². The van der Waals surface area contributed by atoms with Gasteiger partial charge in [0.1, 0.15) is 0 Å². The fourth-order valence-electron chi connectivity index (χ4n) is 1.47. The van der Waals surface area contributed by atoms with E-state index in [0.29, 0.717) is 6.54 Å². The minimum Gasteiger partial charge on any atom is -0.329 e. The molecule has 4 nitrogen and oxygen atoms in total. The predicted molar refractivity (Wildman–Crippen MR) is 62.5 cm³/mol. The third-order valence-electron chi connectivity index (χ3n) is 2.25. The standard InChI is InChI=1S/C11H20N4/c1-3-5-13-11(7-12)10-8-14-15(9-10)6-4-2/h3,8-9,11,13H,1,4-7,12H2,2H3. The van der Waals surface area contributed by atoms with Gasteiger partial charge in [0.05, 0.1) is 6.20 Å². The SMILES string of the molecule is C=CCNC(CN)c1cnn(CCC)c1. The number of rotatable bonds is 7. The van der Waals surface area contributed by atoms with Gasteiger partial charge in [-0.3, -0.25) is 4.68 Å². The van der Waals surface area contributed by atoms with Gasteiger partial charge in [-0.2, -0.15) is 5.10 Å². The van der Waals surface area contributed by atoms with Gasteiger partial charge in [0.2, 0.25) is 0 Å². The van der Waals surface area contributed by atoms with Crippen molar-refractivity contribution in [3.63, 3.8) is 0 Å². The lowest BCUT2D eigenvalue weighted by Crippen LogP contribution is -2.27. The molecule has 0 spiro atoms. The summed E-state index contributed by atoms with van der Waals surface area (Å²) in [4.78, 5) is 0. The molecule has 0 aromatic carbocycles. The van der Waals surface area contributed by atoms with Crippen molar-refractivity contribution < 1.29 is 0 Å². The number of hydrogen-bond donors (Lipinski definition) is 2. The molecule has 0 radical (unpaired) electrons. The van der Waals surface area contributed by atoms with Crippen LogP contribution in [0.3, 0.4) is 0 Å². The molecule has 1 atom stereocenters. The third-order valence-corrected chi connectivity index (χ3v) is 2.25. The van der Waals surface area contributed by atoms with Crippen molar-refractivity contribution in [2.24, 2.45) is 5.73 Å². The van der Waals surface area contributed by atoms with E-state index in [1.807, 2.05) is 17.0 Å². The second kappa shape index (κ2) is 6.37. The van der Waals surface area contributed by atoms with E-state index in [4.69, 9.17) is 5.73 Å². The zero-order valence-electron chi connectivity index (χ0n) is 9.32. The summed E-state index contributed by atoms with van der Waals surface area (Å²) in [5.41, 5.74) is 6.84. The lowest BCUT2D eigenvalue weighted by atomic mass is 10.1. The Labute approximate surface area is 91.2 Å². The Morgan fingerprint density at radius 2 is 2.53 bits per heavy atom. The maximum absolute atomic E-state index is 5.69. The number of hydrogen-bond acceptors (Lipinski definition) is 3. The number of nitrogens with one attached hydrogen (secondary N) is 1. The van der Waals surface area contributed by atoms with Crippen molar-refractivity contribution >= 4 is 0 Å². The Morgan fingerprint density at radius 1 is 1.73 bits per heavy atom. The Kier molecular flexibility index (Phi) is 5.07. The van der Waals surface area contributed by atoms with Crippen molar-refractivity contribution in [2.45, 2.75) is 25.9 Å². The van der Waals surface area contributed by atoms with Gasteiger partial charge in [-0.05, 0) is 6.42 Å². The largest absolute Gasteiger partial charge is 0.329 e. The summed E-state index contributed by atoms with van der Waals surface area (Å²) < 4.78 is 1.95. The average Bonchev–Trinajstić information content (AvgIpc) is 2.68. The maximum atomic E-state index is 5.69. The molecule has 0 aliphatic rings. The first-order valence-corrected chi connectivity index (χ1v) is 5.38. The van der Waals surface area contributed by atoms with Gasteiger partial charge in [-0.1, -0.05) is 13.0 Å². The van der Waals surface area contributed by atoms with E-state index in [9.17, 15) is 0 Å². The first-order chi connectivity index (χ1) is 7.31. The van der Waals surface area contributed by atoms with Crippen LogP contribution in [0.2, 0.25) is 0 Å². The molecule has 0 fully saturated rings. The summed E-state index contributed by atoms with van der Waals surface area (Å²) in [6, 6.07) is 0.175. The van der Waals surface area contributed by atoms with Crippen molar-refractivity contribution in [1.29, 1.82) is 0 Å². The zero-order chi connectivity index (χ0) is 11.1. The van der Waals surface area contributed by atoms with E-state index < -0.39 is 0 Å². The van der Waals surface area contributed by atoms with E-state index in [1.165, 1.54) is 0 Å². The predicted octanol–water partition coefficient (Wildman–Crippen LogP) is 1.07. The van der Waals surface area contributed by atoms with Crippen LogP contribution in [0.5, 0.6) is 0 Å². The lowest BCUT2D eigenvalue weighted by Gasteiger charge is -2.13. The van der Waals surface area contributed by atoms with Crippen LogP contribution in [0.15, 0.2) is 25.0 Å². The molecule has 3 N–H and O–H groups in total. The molecule has 0 amide bonds. The van der Waals surface area contributed by atoms with Crippen molar-refractivity contribution in [1.82, 2.24) is 15.1 Å². The molecule has 0 saturated heterocycles. The molecule has 1 heterocycles. The molecule has 0 aliphatic carbocycles. The van der Waals surface area contributed by atoms with Gasteiger partial charge in [-0.25, -0.2) is 0 Å². The molecular formula is C11H20N4. The van der Waals surface area contributed by atoms with Crippen LogP contribution < -0.4 is 11.1 Å². The summed E-state index contributed by atoms with van der Waals surface area (Å²) >= 11 is 0. The second-order valence-electron chi connectivity index (χ2n) is 3.52. The highest BCUT2D eigenvalue weighted by atomic mass is 15.3. The minimum absolute atomic E-state index is 0.175.